The lowest BCUT2D eigenvalue weighted by atomic mass is 10.0. The zero-order valence-corrected chi connectivity index (χ0v) is 14.7. The van der Waals surface area contributed by atoms with Gasteiger partial charge in [-0.25, -0.2) is 0 Å². The topological polar surface area (TPSA) is 16.1 Å². The molecule has 2 aromatic carbocycles. The van der Waals surface area contributed by atoms with Gasteiger partial charge in [-0.1, -0.05) is 48.5 Å². The van der Waals surface area contributed by atoms with Crippen LogP contribution >= 0.6 is 0 Å². The highest BCUT2D eigenvalue weighted by molar-refractivity contribution is 5.92. The summed E-state index contributed by atoms with van der Waals surface area (Å²) >= 11 is 0. The highest BCUT2D eigenvalue weighted by Crippen LogP contribution is 2.23. The van der Waals surface area contributed by atoms with Crippen molar-refractivity contribution >= 4 is 28.6 Å². The summed E-state index contributed by atoms with van der Waals surface area (Å²) in [6.07, 6.45) is 6.23. The summed E-state index contributed by atoms with van der Waals surface area (Å²) in [7, 11) is 0. The number of aryl methyl sites for hydroxylation is 1. The van der Waals surface area contributed by atoms with E-state index in [4.69, 9.17) is 0 Å². The maximum Gasteiger partial charge on any atom is 0.0650 e. The third-order valence-electron chi connectivity index (χ3n) is 4.46. The van der Waals surface area contributed by atoms with Crippen LogP contribution in [-0.4, -0.2) is 18.1 Å². The molecule has 3 rings (SSSR count). The highest BCUT2D eigenvalue weighted by atomic mass is 15.1. The molecule has 0 fully saturated rings. The molecule has 0 unspecified atom stereocenters. The lowest BCUT2D eigenvalue weighted by Gasteiger charge is -2.23. The molecule has 0 spiro atoms. The molecule has 1 aromatic heterocycles. The smallest absolute Gasteiger partial charge is 0.0650 e. The first-order valence-electron chi connectivity index (χ1n) is 8.60. The molecule has 0 bridgehead atoms. The minimum Gasteiger partial charge on any atom is -0.372 e. The van der Waals surface area contributed by atoms with Crippen molar-refractivity contribution in [2.45, 2.75) is 20.8 Å². The molecule has 0 radical (unpaired) electrons. The molecule has 0 saturated heterocycles. The first-order chi connectivity index (χ1) is 11.7. The van der Waals surface area contributed by atoms with Crippen molar-refractivity contribution in [3.63, 3.8) is 0 Å². The predicted molar refractivity (Wildman–Crippen MR) is 105 cm³/mol. The van der Waals surface area contributed by atoms with Crippen molar-refractivity contribution in [3.8, 4) is 0 Å². The zero-order valence-electron chi connectivity index (χ0n) is 14.7. The maximum absolute atomic E-state index is 4.57. The summed E-state index contributed by atoms with van der Waals surface area (Å²) in [4.78, 5) is 6.94. The minimum absolute atomic E-state index is 0.996. The average Bonchev–Trinajstić information content (AvgIpc) is 2.63. The first-order valence-corrected chi connectivity index (χ1v) is 8.60. The average molecular weight is 316 g/mol. The quantitative estimate of drug-likeness (QED) is 0.612. The van der Waals surface area contributed by atoms with Crippen molar-refractivity contribution < 1.29 is 0 Å². The second kappa shape index (κ2) is 7.31. The molecule has 0 aliphatic rings. The fourth-order valence-electron chi connectivity index (χ4n) is 3.10. The second-order valence-electron chi connectivity index (χ2n) is 5.97. The maximum atomic E-state index is 4.57. The lowest BCUT2D eigenvalue weighted by molar-refractivity contribution is 0.859. The fraction of sp³-hybridized carbons (Fsp3) is 0.227. The number of rotatable bonds is 5. The SMILES string of the molecule is CCN(CC)c1cc(/C=C\c2cccc3ccccc23)ncc1C. The van der Waals surface area contributed by atoms with Gasteiger partial charge in [0.2, 0.25) is 0 Å². The van der Waals surface area contributed by atoms with Gasteiger partial charge in [-0.3, -0.25) is 4.98 Å². The number of benzene rings is 2. The van der Waals surface area contributed by atoms with Crippen LogP contribution in [0.3, 0.4) is 0 Å². The Morgan fingerprint density at radius 3 is 2.50 bits per heavy atom. The van der Waals surface area contributed by atoms with Crippen LogP contribution < -0.4 is 4.90 Å². The molecule has 24 heavy (non-hydrogen) atoms. The third kappa shape index (κ3) is 3.33. The summed E-state index contributed by atoms with van der Waals surface area (Å²) in [6.45, 7) is 8.52. The van der Waals surface area contributed by atoms with E-state index in [1.165, 1.54) is 27.6 Å². The highest BCUT2D eigenvalue weighted by Gasteiger charge is 2.06. The van der Waals surface area contributed by atoms with Gasteiger partial charge in [-0.2, -0.15) is 0 Å². The van der Waals surface area contributed by atoms with E-state index in [-0.39, 0.29) is 0 Å². The second-order valence-corrected chi connectivity index (χ2v) is 5.97. The molecular weight excluding hydrogens is 292 g/mol. The number of hydrogen-bond acceptors (Lipinski definition) is 2. The standard InChI is InChI=1S/C22H24N2/c1-4-24(5-2)22-15-20(23-16-17(22)3)14-13-19-11-8-10-18-9-6-7-12-21(18)19/h6-16H,4-5H2,1-3H3/b14-13-. The van der Waals surface area contributed by atoms with Crippen LogP contribution in [0, 0.1) is 6.92 Å². The monoisotopic (exact) mass is 316 g/mol. The molecule has 0 aliphatic carbocycles. The van der Waals surface area contributed by atoms with Gasteiger partial charge in [-0.15, -0.1) is 0 Å². The number of anilines is 1. The van der Waals surface area contributed by atoms with Crippen LogP contribution in [-0.2, 0) is 0 Å². The number of hydrogen-bond donors (Lipinski definition) is 0. The first kappa shape index (κ1) is 16.3. The largest absolute Gasteiger partial charge is 0.372 e. The van der Waals surface area contributed by atoms with Gasteiger partial charge < -0.3 is 4.90 Å². The summed E-state index contributed by atoms with van der Waals surface area (Å²) in [5.74, 6) is 0. The minimum atomic E-state index is 0.996. The van der Waals surface area contributed by atoms with Crippen molar-refractivity contribution in [3.05, 3.63) is 71.5 Å². The lowest BCUT2D eigenvalue weighted by Crippen LogP contribution is -2.22. The van der Waals surface area contributed by atoms with Gasteiger partial charge >= 0.3 is 0 Å². The van der Waals surface area contributed by atoms with Gasteiger partial charge in [-0.05, 0) is 54.8 Å². The molecule has 0 amide bonds. The molecule has 1 heterocycles. The Morgan fingerprint density at radius 2 is 1.71 bits per heavy atom. The summed E-state index contributed by atoms with van der Waals surface area (Å²) in [5, 5.41) is 2.53. The molecule has 2 nitrogen and oxygen atoms in total. The van der Waals surface area contributed by atoms with Crippen molar-refractivity contribution in [2.24, 2.45) is 0 Å². The Morgan fingerprint density at radius 1 is 0.958 bits per heavy atom. The van der Waals surface area contributed by atoms with E-state index >= 15 is 0 Å². The Hall–Kier alpha value is -2.61. The van der Waals surface area contributed by atoms with E-state index in [9.17, 15) is 0 Å². The summed E-state index contributed by atoms with van der Waals surface area (Å²) in [6, 6.07) is 17.1. The molecule has 0 saturated carbocycles. The molecule has 0 aliphatic heterocycles. The number of nitrogens with zero attached hydrogens (tertiary/aromatic N) is 2. The van der Waals surface area contributed by atoms with E-state index in [0.717, 1.165) is 18.8 Å². The van der Waals surface area contributed by atoms with E-state index in [1.54, 1.807) is 0 Å². The van der Waals surface area contributed by atoms with E-state index in [1.807, 2.05) is 6.20 Å². The molecule has 0 atom stereocenters. The van der Waals surface area contributed by atoms with Gasteiger partial charge in [0.05, 0.1) is 5.69 Å². The van der Waals surface area contributed by atoms with Crippen LogP contribution in [0.15, 0.2) is 54.7 Å². The Bertz CT molecular complexity index is 855. The van der Waals surface area contributed by atoms with E-state index in [0.29, 0.717) is 0 Å². The van der Waals surface area contributed by atoms with Gasteiger partial charge in [0.15, 0.2) is 0 Å². The molecule has 3 aromatic rings. The normalized spacial score (nSPS) is 11.3. The van der Waals surface area contributed by atoms with Gasteiger partial charge in [0.1, 0.15) is 0 Å². The summed E-state index contributed by atoms with van der Waals surface area (Å²) < 4.78 is 0. The van der Waals surface area contributed by atoms with Crippen molar-refractivity contribution in [1.82, 2.24) is 4.98 Å². The van der Waals surface area contributed by atoms with Crippen LogP contribution in [0.4, 0.5) is 5.69 Å². The number of fused-ring (bicyclic) bond motifs is 1. The number of aromatic nitrogens is 1. The van der Waals surface area contributed by atoms with Crippen LogP contribution in [0.5, 0.6) is 0 Å². The van der Waals surface area contributed by atoms with Gasteiger partial charge in [0, 0.05) is 25.0 Å². The Kier molecular flexibility index (Phi) is 4.95. The molecule has 2 heteroatoms. The van der Waals surface area contributed by atoms with E-state index < -0.39 is 0 Å². The van der Waals surface area contributed by atoms with Crippen molar-refractivity contribution in [2.75, 3.05) is 18.0 Å². The Labute approximate surface area is 144 Å². The van der Waals surface area contributed by atoms with Crippen LogP contribution in [0.2, 0.25) is 0 Å². The predicted octanol–water partition coefficient (Wildman–Crippen LogP) is 5.56. The third-order valence-corrected chi connectivity index (χ3v) is 4.46. The van der Waals surface area contributed by atoms with E-state index in [2.05, 4.69) is 91.3 Å². The molecule has 122 valence electrons. The Balaban J connectivity index is 1.95. The fourth-order valence-corrected chi connectivity index (χ4v) is 3.10. The van der Waals surface area contributed by atoms with Crippen molar-refractivity contribution in [1.29, 1.82) is 0 Å². The van der Waals surface area contributed by atoms with Gasteiger partial charge in [0.25, 0.3) is 0 Å². The molecule has 0 N–H and O–H groups in total. The van der Waals surface area contributed by atoms with Crippen LogP contribution in [0.1, 0.15) is 30.7 Å². The molecular formula is C22H24N2. The van der Waals surface area contributed by atoms with Crippen LogP contribution in [0.25, 0.3) is 22.9 Å². The number of pyridine rings is 1. The zero-order chi connectivity index (χ0) is 16.9. The summed E-state index contributed by atoms with van der Waals surface area (Å²) in [5.41, 5.74) is 4.71.